The van der Waals surface area contributed by atoms with Crippen molar-refractivity contribution in [2.75, 3.05) is 26.2 Å². The molecule has 1 atom stereocenters. The van der Waals surface area contributed by atoms with Crippen molar-refractivity contribution in [2.24, 2.45) is 0 Å². The summed E-state index contributed by atoms with van der Waals surface area (Å²) in [5.41, 5.74) is 0. The Morgan fingerprint density at radius 3 is 2.33 bits per heavy atom. The van der Waals surface area contributed by atoms with Crippen LogP contribution in [0.1, 0.15) is 30.7 Å². The Bertz CT molecular complexity index is 986. The summed E-state index contributed by atoms with van der Waals surface area (Å²) in [4.78, 5) is 27.4. The Morgan fingerprint density at radius 1 is 1.07 bits per heavy atom. The molecule has 1 aliphatic heterocycles. The third-order valence-corrected chi connectivity index (χ3v) is 8.26. The molecule has 2 amide bonds. The van der Waals surface area contributed by atoms with E-state index in [-0.39, 0.29) is 48.7 Å². The molecular weight excluding hydrogens is 446 g/mol. The second kappa shape index (κ2) is 9.91. The first-order chi connectivity index (χ1) is 14.3. The van der Waals surface area contributed by atoms with Crippen molar-refractivity contribution in [3.8, 4) is 0 Å². The number of amides is 2. The van der Waals surface area contributed by atoms with Gasteiger partial charge in [0.15, 0.2) is 0 Å². The lowest BCUT2D eigenvalue weighted by Crippen LogP contribution is -2.50. The molecule has 30 heavy (non-hydrogen) atoms. The zero-order chi connectivity index (χ0) is 21.7. The zero-order valence-corrected chi connectivity index (χ0v) is 19.0. The molecule has 0 spiro atoms. The average Bonchev–Trinajstić information content (AvgIpc) is 3.19. The number of sulfonamides is 1. The van der Waals surface area contributed by atoms with Gasteiger partial charge >= 0.3 is 0 Å². The second-order valence-corrected chi connectivity index (χ2v) is 10.7. The molecule has 3 rings (SSSR count). The summed E-state index contributed by atoms with van der Waals surface area (Å²) in [6.45, 7) is 2.98. The van der Waals surface area contributed by atoms with Crippen LogP contribution in [-0.2, 0) is 19.6 Å². The summed E-state index contributed by atoms with van der Waals surface area (Å²) < 4.78 is 27.4. The number of thiophene rings is 1. The Hall–Kier alpha value is -1.94. The minimum absolute atomic E-state index is 0.0881. The number of halogens is 1. The highest BCUT2D eigenvalue weighted by Gasteiger charge is 2.30. The first-order valence-corrected chi connectivity index (χ1v) is 12.3. The summed E-state index contributed by atoms with van der Waals surface area (Å²) in [5, 5.41) is 2.87. The average molecular weight is 470 g/mol. The van der Waals surface area contributed by atoms with Crippen molar-refractivity contribution in [1.82, 2.24) is 14.5 Å². The summed E-state index contributed by atoms with van der Waals surface area (Å²) in [6, 6.07) is 11.8. The molecular formula is C20H24ClN3O4S2. The molecule has 1 unspecified atom stereocenters. The van der Waals surface area contributed by atoms with Crippen molar-refractivity contribution in [3.05, 3.63) is 51.7 Å². The van der Waals surface area contributed by atoms with Gasteiger partial charge in [0.2, 0.25) is 21.8 Å². The fourth-order valence-corrected chi connectivity index (χ4v) is 5.75. The van der Waals surface area contributed by atoms with E-state index in [1.54, 1.807) is 41.3 Å². The molecule has 1 saturated heterocycles. The van der Waals surface area contributed by atoms with Crippen LogP contribution in [0, 0.1) is 0 Å². The smallest absolute Gasteiger partial charge is 0.243 e. The van der Waals surface area contributed by atoms with Gasteiger partial charge in [-0.2, -0.15) is 4.31 Å². The number of carbonyl (C=O) groups is 2. The molecule has 0 radical (unpaired) electrons. The van der Waals surface area contributed by atoms with E-state index in [4.69, 9.17) is 11.6 Å². The highest BCUT2D eigenvalue weighted by atomic mass is 35.5. The Balaban J connectivity index is 1.44. The first-order valence-electron chi connectivity index (χ1n) is 9.65. The molecule has 1 aliphatic rings. The van der Waals surface area contributed by atoms with Crippen LogP contribution in [0.4, 0.5) is 0 Å². The van der Waals surface area contributed by atoms with Gasteiger partial charge in [-0.05, 0) is 31.2 Å². The first kappa shape index (κ1) is 22.7. The van der Waals surface area contributed by atoms with Gasteiger partial charge < -0.3 is 10.2 Å². The lowest BCUT2D eigenvalue weighted by atomic mass is 10.2. The molecule has 1 N–H and O–H groups in total. The minimum atomic E-state index is -3.55. The van der Waals surface area contributed by atoms with Crippen molar-refractivity contribution in [2.45, 2.75) is 30.7 Å². The van der Waals surface area contributed by atoms with E-state index in [1.165, 1.54) is 15.6 Å². The maximum absolute atomic E-state index is 12.7. The molecule has 0 aliphatic carbocycles. The largest absolute Gasteiger partial charge is 0.349 e. The standard InChI is InChI=1S/C20H24ClN3O4S2/c1-15(17-7-8-18(21)29-17)22-19(25)9-10-20(26)23-11-13-24(14-12-23)30(27,28)16-5-3-2-4-6-16/h2-8,15H,9-14H2,1H3,(H,22,25). The van der Waals surface area contributed by atoms with Gasteiger partial charge in [-0.25, -0.2) is 8.42 Å². The van der Waals surface area contributed by atoms with Gasteiger partial charge in [0.25, 0.3) is 0 Å². The molecule has 1 fully saturated rings. The predicted octanol–water partition coefficient (Wildman–Crippen LogP) is 2.89. The number of hydrogen-bond acceptors (Lipinski definition) is 5. The number of rotatable bonds is 7. The van der Waals surface area contributed by atoms with Crippen LogP contribution < -0.4 is 5.32 Å². The Labute approximate surface area is 185 Å². The third-order valence-electron chi connectivity index (χ3n) is 4.94. The summed E-state index contributed by atoms with van der Waals surface area (Å²) >= 11 is 7.32. The topological polar surface area (TPSA) is 86.8 Å². The monoisotopic (exact) mass is 469 g/mol. The van der Waals surface area contributed by atoms with Crippen LogP contribution in [0.3, 0.4) is 0 Å². The highest BCUT2D eigenvalue weighted by Crippen LogP contribution is 2.26. The number of nitrogens with zero attached hydrogens (tertiary/aromatic N) is 2. The van der Waals surface area contributed by atoms with E-state index in [9.17, 15) is 18.0 Å². The highest BCUT2D eigenvalue weighted by molar-refractivity contribution is 7.89. The van der Waals surface area contributed by atoms with Crippen LogP contribution in [0.5, 0.6) is 0 Å². The number of carbonyl (C=O) groups excluding carboxylic acids is 2. The van der Waals surface area contributed by atoms with E-state index >= 15 is 0 Å². The van der Waals surface area contributed by atoms with Crippen molar-refractivity contribution < 1.29 is 18.0 Å². The van der Waals surface area contributed by atoms with E-state index in [2.05, 4.69) is 5.32 Å². The molecule has 1 aromatic carbocycles. The fourth-order valence-electron chi connectivity index (χ4n) is 3.24. The van der Waals surface area contributed by atoms with Crippen LogP contribution in [-0.4, -0.2) is 55.6 Å². The van der Waals surface area contributed by atoms with E-state index in [0.717, 1.165) is 4.88 Å². The Morgan fingerprint density at radius 2 is 1.73 bits per heavy atom. The maximum Gasteiger partial charge on any atom is 0.243 e. The summed E-state index contributed by atoms with van der Waals surface area (Å²) in [5.74, 6) is -0.348. The lowest BCUT2D eigenvalue weighted by molar-refractivity contribution is -0.134. The van der Waals surface area contributed by atoms with Gasteiger partial charge in [-0.15, -0.1) is 11.3 Å². The van der Waals surface area contributed by atoms with Gasteiger partial charge in [0.1, 0.15) is 0 Å². The molecule has 1 aromatic heterocycles. The number of benzene rings is 1. The SMILES string of the molecule is CC(NC(=O)CCC(=O)N1CCN(S(=O)(=O)c2ccccc2)CC1)c1ccc(Cl)s1. The molecule has 0 saturated carbocycles. The van der Waals surface area contributed by atoms with Crippen molar-refractivity contribution >= 4 is 44.8 Å². The van der Waals surface area contributed by atoms with Crippen LogP contribution >= 0.6 is 22.9 Å². The van der Waals surface area contributed by atoms with Crippen LogP contribution in [0.2, 0.25) is 4.34 Å². The number of hydrogen-bond donors (Lipinski definition) is 1. The van der Waals surface area contributed by atoms with Gasteiger partial charge in [-0.3, -0.25) is 9.59 Å². The van der Waals surface area contributed by atoms with E-state index in [1.807, 2.05) is 13.0 Å². The molecule has 162 valence electrons. The van der Waals surface area contributed by atoms with Crippen LogP contribution in [0.15, 0.2) is 47.4 Å². The minimum Gasteiger partial charge on any atom is -0.349 e. The summed E-state index contributed by atoms with van der Waals surface area (Å²) in [7, 11) is -3.55. The van der Waals surface area contributed by atoms with Crippen LogP contribution in [0.25, 0.3) is 0 Å². The summed E-state index contributed by atoms with van der Waals surface area (Å²) in [6.07, 6.45) is 0.181. The molecule has 10 heteroatoms. The predicted molar refractivity (Wildman–Crippen MR) is 117 cm³/mol. The quantitative estimate of drug-likeness (QED) is 0.675. The van der Waals surface area contributed by atoms with Crippen molar-refractivity contribution in [1.29, 1.82) is 0 Å². The lowest BCUT2D eigenvalue weighted by Gasteiger charge is -2.34. The Kier molecular flexibility index (Phi) is 7.51. The molecule has 0 bridgehead atoms. The van der Waals surface area contributed by atoms with E-state index < -0.39 is 10.0 Å². The second-order valence-electron chi connectivity index (χ2n) is 7.03. The molecule has 7 nitrogen and oxygen atoms in total. The fraction of sp³-hybridized carbons (Fsp3) is 0.400. The number of piperazine rings is 1. The molecule has 2 aromatic rings. The van der Waals surface area contributed by atoms with Gasteiger partial charge in [0, 0.05) is 43.9 Å². The maximum atomic E-state index is 12.7. The van der Waals surface area contributed by atoms with Gasteiger partial charge in [0.05, 0.1) is 15.3 Å². The molecule has 2 heterocycles. The zero-order valence-electron chi connectivity index (χ0n) is 16.6. The van der Waals surface area contributed by atoms with E-state index in [0.29, 0.717) is 17.4 Å². The normalized spacial score (nSPS) is 16.3. The van der Waals surface area contributed by atoms with Crippen molar-refractivity contribution in [3.63, 3.8) is 0 Å². The third kappa shape index (κ3) is 5.60. The number of nitrogens with one attached hydrogen (secondary N) is 1. The van der Waals surface area contributed by atoms with Gasteiger partial charge in [-0.1, -0.05) is 29.8 Å².